The van der Waals surface area contributed by atoms with E-state index in [0.717, 1.165) is 38.3 Å². The number of aromatic amines is 1. The number of rotatable bonds is 4. The van der Waals surface area contributed by atoms with E-state index in [0.29, 0.717) is 0 Å². The molecule has 3 amide bonds. The lowest BCUT2D eigenvalue weighted by molar-refractivity contribution is -0.134. The Morgan fingerprint density at radius 2 is 2.22 bits per heavy atom. The molecule has 2 aliphatic rings. The van der Waals surface area contributed by atoms with Gasteiger partial charge in [-0.3, -0.25) is 14.6 Å². The molecule has 2 saturated heterocycles. The van der Waals surface area contributed by atoms with Crippen LogP contribution in [0.25, 0.3) is 0 Å². The smallest absolute Gasteiger partial charge is 0.325 e. The van der Waals surface area contributed by atoms with Gasteiger partial charge in [0.25, 0.3) is 5.91 Å². The van der Waals surface area contributed by atoms with Crippen molar-refractivity contribution in [3.05, 3.63) is 18.2 Å². The fourth-order valence-electron chi connectivity index (χ4n) is 3.69. The van der Waals surface area contributed by atoms with E-state index in [-0.39, 0.29) is 23.9 Å². The van der Waals surface area contributed by atoms with E-state index in [4.69, 9.17) is 0 Å². The minimum atomic E-state index is -0.802. The van der Waals surface area contributed by atoms with Crippen LogP contribution in [0.4, 0.5) is 4.79 Å². The lowest BCUT2D eigenvalue weighted by Crippen LogP contribution is -2.56. The second-order valence-corrected chi connectivity index (χ2v) is 7.01. The van der Waals surface area contributed by atoms with E-state index in [2.05, 4.69) is 20.2 Å². The van der Waals surface area contributed by atoms with Crippen molar-refractivity contribution >= 4 is 11.9 Å². The Kier molecular flexibility index (Phi) is 4.14. The van der Waals surface area contributed by atoms with Gasteiger partial charge in [-0.05, 0) is 40.2 Å². The van der Waals surface area contributed by atoms with Crippen molar-refractivity contribution in [3.63, 3.8) is 0 Å². The van der Waals surface area contributed by atoms with E-state index < -0.39 is 5.54 Å². The zero-order valence-electron chi connectivity index (χ0n) is 14.0. The fraction of sp³-hybridized carbons (Fsp3) is 0.688. The number of amides is 3. The number of imidazole rings is 1. The molecule has 0 aliphatic carbocycles. The molecule has 23 heavy (non-hydrogen) atoms. The van der Waals surface area contributed by atoms with Gasteiger partial charge in [-0.2, -0.15) is 0 Å². The number of H-pyrrole nitrogens is 1. The standard InChI is InChI=1S/C16H25N5O2/c1-11(2)21-14(22)16(3,19-15(21)23)12-5-4-8-20(9-12)10-13-17-6-7-18-13/h6-7,11-12H,4-5,8-10H2,1-3H3,(H,17,18)(H,19,23)/t12-,16+/m0/s1. The molecule has 0 saturated carbocycles. The van der Waals surface area contributed by atoms with E-state index in [9.17, 15) is 9.59 Å². The molecule has 7 nitrogen and oxygen atoms in total. The number of carbonyl (C=O) groups is 2. The highest BCUT2D eigenvalue weighted by atomic mass is 16.2. The number of nitrogens with one attached hydrogen (secondary N) is 2. The molecular formula is C16H25N5O2. The maximum atomic E-state index is 12.8. The maximum absolute atomic E-state index is 12.8. The van der Waals surface area contributed by atoms with Gasteiger partial charge in [-0.1, -0.05) is 0 Å². The summed E-state index contributed by atoms with van der Waals surface area (Å²) in [5.74, 6) is 0.954. The number of hydrogen-bond acceptors (Lipinski definition) is 4. The first-order chi connectivity index (χ1) is 10.9. The summed E-state index contributed by atoms with van der Waals surface area (Å²) >= 11 is 0. The van der Waals surface area contributed by atoms with Crippen LogP contribution in [0.2, 0.25) is 0 Å². The minimum Gasteiger partial charge on any atom is -0.348 e. The molecule has 3 heterocycles. The first kappa shape index (κ1) is 16.0. The Hall–Kier alpha value is -1.89. The highest BCUT2D eigenvalue weighted by molar-refractivity contribution is 6.07. The van der Waals surface area contributed by atoms with E-state index in [1.165, 1.54) is 4.90 Å². The summed E-state index contributed by atoms with van der Waals surface area (Å²) in [6, 6.07) is -0.386. The molecule has 2 fully saturated rings. The molecule has 7 heteroatoms. The number of likely N-dealkylation sites (tertiary alicyclic amines) is 1. The molecule has 2 atom stereocenters. The average Bonchev–Trinajstić information content (AvgIpc) is 3.07. The van der Waals surface area contributed by atoms with Crippen molar-refractivity contribution in [3.8, 4) is 0 Å². The number of nitrogens with zero attached hydrogens (tertiary/aromatic N) is 3. The molecule has 1 aromatic heterocycles. The third kappa shape index (κ3) is 2.85. The first-order valence-electron chi connectivity index (χ1n) is 8.28. The Morgan fingerprint density at radius 3 is 2.83 bits per heavy atom. The number of piperidine rings is 1. The van der Waals surface area contributed by atoms with Crippen LogP contribution in [0.5, 0.6) is 0 Å². The highest BCUT2D eigenvalue weighted by Crippen LogP contribution is 2.33. The van der Waals surface area contributed by atoms with Gasteiger partial charge in [0.2, 0.25) is 0 Å². The SMILES string of the molecule is CC(C)N1C(=O)N[C@](C)([C@H]2CCCN(Cc3ncc[nH]3)C2)C1=O. The Bertz CT molecular complexity index is 585. The molecule has 0 unspecified atom stereocenters. The van der Waals surface area contributed by atoms with E-state index in [1.807, 2.05) is 27.0 Å². The largest absolute Gasteiger partial charge is 0.348 e. The van der Waals surface area contributed by atoms with Crippen LogP contribution in [0.3, 0.4) is 0 Å². The third-order valence-corrected chi connectivity index (χ3v) is 5.02. The van der Waals surface area contributed by atoms with E-state index in [1.54, 1.807) is 6.20 Å². The molecule has 0 aromatic carbocycles. The summed E-state index contributed by atoms with van der Waals surface area (Å²) in [7, 11) is 0. The fourth-order valence-corrected chi connectivity index (χ4v) is 3.69. The molecule has 1 aromatic rings. The highest BCUT2D eigenvalue weighted by Gasteiger charge is 2.53. The lowest BCUT2D eigenvalue weighted by Gasteiger charge is -2.39. The van der Waals surface area contributed by atoms with Gasteiger partial charge in [0.1, 0.15) is 11.4 Å². The van der Waals surface area contributed by atoms with Crippen LogP contribution >= 0.6 is 0 Å². The minimum absolute atomic E-state index is 0.0950. The first-order valence-corrected chi connectivity index (χ1v) is 8.28. The van der Waals surface area contributed by atoms with Crippen LogP contribution in [-0.2, 0) is 11.3 Å². The molecule has 0 spiro atoms. The summed E-state index contributed by atoms with van der Waals surface area (Å²) in [6.45, 7) is 8.13. The van der Waals surface area contributed by atoms with Crippen LogP contribution < -0.4 is 5.32 Å². The Morgan fingerprint density at radius 1 is 1.43 bits per heavy atom. The quantitative estimate of drug-likeness (QED) is 0.821. The zero-order chi connectivity index (χ0) is 16.6. The predicted molar refractivity (Wildman–Crippen MR) is 85.5 cm³/mol. The number of urea groups is 1. The second-order valence-electron chi connectivity index (χ2n) is 7.01. The van der Waals surface area contributed by atoms with Crippen molar-refractivity contribution in [1.29, 1.82) is 0 Å². The molecule has 2 aliphatic heterocycles. The zero-order valence-corrected chi connectivity index (χ0v) is 14.0. The van der Waals surface area contributed by atoms with Crippen molar-refractivity contribution < 1.29 is 9.59 Å². The van der Waals surface area contributed by atoms with Crippen molar-refractivity contribution in [2.45, 2.75) is 51.7 Å². The normalized spacial score (nSPS) is 29.4. The molecule has 2 N–H and O–H groups in total. The van der Waals surface area contributed by atoms with Crippen LogP contribution in [0.15, 0.2) is 12.4 Å². The Labute approximate surface area is 136 Å². The molecular weight excluding hydrogens is 294 g/mol. The van der Waals surface area contributed by atoms with Gasteiger partial charge in [-0.25, -0.2) is 9.78 Å². The second kappa shape index (κ2) is 5.96. The molecule has 3 rings (SSSR count). The number of imide groups is 1. The van der Waals surface area contributed by atoms with Crippen molar-refractivity contribution in [2.24, 2.45) is 5.92 Å². The topological polar surface area (TPSA) is 81.3 Å². The summed E-state index contributed by atoms with van der Waals surface area (Å²) in [6.07, 6.45) is 5.54. The third-order valence-electron chi connectivity index (χ3n) is 5.02. The van der Waals surface area contributed by atoms with Gasteiger partial charge in [-0.15, -0.1) is 0 Å². The van der Waals surface area contributed by atoms with Gasteiger partial charge >= 0.3 is 6.03 Å². The van der Waals surface area contributed by atoms with E-state index >= 15 is 0 Å². The van der Waals surface area contributed by atoms with Gasteiger partial charge in [0.05, 0.1) is 6.54 Å². The molecule has 126 valence electrons. The van der Waals surface area contributed by atoms with Gasteiger partial charge < -0.3 is 10.3 Å². The van der Waals surface area contributed by atoms with Crippen LogP contribution in [0, 0.1) is 5.92 Å². The average molecular weight is 319 g/mol. The molecule has 0 bridgehead atoms. The van der Waals surface area contributed by atoms with Gasteiger partial charge in [0.15, 0.2) is 0 Å². The van der Waals surface area contributed by atoms with Crippen LogP contribution in [-0.4, -0.2) is 56.4 Å². The summed E-state index contributed by atoms with van der Waals surface area (Å²) < 4.78 is 0. The lowest BCUT2D eigenvalue weighted by atomic mass is 9.80. The summed E-state index contributed by atoms with van der Waals surface area (Å²) in [5, 5.41) is 2.95. The summed E-state index contributed by atoms with van der Waals surface area (Å²) in [5.41, 5.74) is -0.802. The van der Waals surface area contributed by atoms with Crippen molar-refractivity contribution in [2.75, 3.05) is 13.1 Å². The number of carbonyl (C=O) groups excluding carboxylic acids is 2. The monoisotopic (exact) mass is 319 g/mol. The summed E-state index contributed by atoms with van der Waals surface area (Å²) in [4.78, 5) is 36.0. The Balaban J connectivity index is 1.73. The molecule has 0 radical (unpaired) electrons. The number of aromatic nitrogens is 2. The van der Waals surface area contributed by atoms with Crippen LogP contribution in [0.1, 0.15) is 39.4 Å². The van der Waals surface area contributed by atoms with Gasteiger partial charge in [0, 0.05) is 30.9 Å². The van der Waals surface area contributed by atoms with Crippen molar-refractivity contribution in [1.82, 2.24) is 25.1 Å². The predicted octanol–water partition coefficient (Wildman–Crippen LogP) is 1.34. The maximum Gasteiger partial charge on any atom is 0.325 e. The number of hydrogen-bond donors (Lipinski definition) is 2.